The molecule has 0 unspecified atom stereocenters. The molecule has 1 aliphatic carbocycles. The molecule has 1 aliphatic heterocycles. The molecule has 5 nitrogen and oxygen atoms in total. The maximum absolute atomic E-state index is 12.9. The first kappa shape index (κ1) is 16.8. The largest absolute Gasteiger partial charge is 0.310 e. The minimum atomic E-state index is -3.68. The molecular weight excluding hydrogens is 348 g/mol. The van der Waals surface area contributed by atoms with E-state index in [0.717, 1.165) is 17.5 Å². The van der Waals surface area contributed by atoms with Crippen molar-refractivity contribution in [3.05, 3.63) is 64.6 Å². The summed E-state index contributed by atoms with van der Waals surface area (Å²) < 4.78 is 28.6. The third-order valence-corrected chi connectivity index (χ3v) is 6.37. The second-order valence-corrected chi connectivity index (χ2v) is 8.32. The van der Waals surface area contributed by atoms with Crippen molar-refractivity contribution in [1.29, 1.82) is 0 Å². The molecule has 1 saturated heterocycles. The number of aryl methyl sites for hydroxylation is 1. The normalized spacial score (nSPS) is 17.0. The number of allylic oxidation sites excluding steroid dienone is 1. The Hall–Kier alpha value is -2.60. The maximum Gasteiger partial charge on any atom is 0.258 e. The molecule has 1 heterocycles. The highest BCUT2D eigenvalue weighted by Crippen LogP contribution is 2.33. The summed E-state index contributed by atoms with van der Waals surface area (Å²) in [5.41, 5.74) is 3.18. The molecule has 1 N–H and O–H groups in total. The molecule has 1 amide bonds. The number of benzene rings is 2. The van der Waals surface area contributed by atoms with Gasteiger partial charge in [0.25, 0.3) is 10.0 Å². The first-order valence-corrected chi connectivity index (χ1v) is 10.2. The SMILES string of the molecule is O=C1CCCN1c1ccccc1NS(=O)(=O)C1=Cc2ccccc2CC1. The molecule has 0 atom stereocenters. The Balaban J connectivity index is 1.66. The van der Waals surface area contributed by atoms with Crippen molar-refractivity contribution >= 4 is 33.4 Å². The first-order chi connectivity index (χ1) is 12.5. The van der Waals surface area contributed by atoms with Gasteiger partial charge in [0.15, 0.2) is 0 Å². The Morgan fingerprint density at radius 2 is 1.69 bits per heavy atom. The second kappa shape index (κ2) is 6.61. The molecule has 0 bridgehead atoms. The summed E-state index contributed by atoms with van der Waals surface area (Å²) in [6.07, 6.45) is 4.21. The third-order valence-electron chi connectivity index (χ3n) is 4.87. The van der Waals surface area contributed by atoms with Gasteiger partial charge in [-0.05, 0) is 48.6 Å². The highest BCUT2D eigenvalue weighted by atomic mass is 32.2. The average molecular weight is 368 g/mol. The molecule has 4 rings (SSSR count). The van der Waals surface area contributed by atoms with Crippen LogP contribution in [0.5, 0.6) is 0 Å². The topological polar surface area (TPSA) is 66.5 Å². The molecule has 0 spiro atoms. The van der Waals surface area contributed by atoms with E-state index in [1.165, 1.54) is 0 Å². The molecular formula is C20H20N2O3S. The summed E-state index contributed by atoms with van der Waals surface area (Å²) in [5.74, 6) is 0.0301. The number of carbonyl (C=O) groups is 1. The van der Waals surface area contributed by atoms with Crippen molar-refractivity contribution in [3.63, 3.8) is 0 Å². The number of sulfonamides is 1. The van der Waals surface area contributed by atoms with E-state index >= 15 is 0 Å². The van der Waals surface area contributed by atoms with Crippen LogP contribution in [-0.4, -0.2) is 20.9 Å². The Morgan fingerprint density at radius 3 is 2.50 bits per heavy atom. The molecule has 2 aliphatic rings. The smallest absolute Gasteiger partial charge is 0.258 e. The van der Waals surface area contributed by atoms with E-state index in [-0.39, 0.29) is 5.91 Å². The summed E-state index contributed by atoms with van der Waals surface area (Å²) in [7, 11) is -3.68. The molecule has 2 aromatic rings. The minimum absolute atomic E-state index is 0.0301. The molecule has 0 saturated carbocycles. The molecule has 0 radical (unpaired) electrons. The lowest BCUT2D eigenvalue weighted by molar-refractivity contribution is -0.117. The monoisotopic (exact) mass is 368 g/mol. The molecule has 26 heavy (non-hydrogen) atoms. The first-order valence-electron chi connectivity index (χ1n) is 8.75. The molecule has 1 fully saturated rings. The van der Waals surface area contributed by atoms with Crippen LogP contribution in [0.15, 0.2) is 53.4 Å². The van der Waals surface area contributed by atoms with E-state index in [4.69, 9.17) is 0 Å². The maximum atomic E-state index is 12.9. The predicted octanol–water partition coefficient (Wildman–Crippen LogP) is 3.54. The van der Waals surface area contributed by atoms with E-state index in [9.17, 15) is 13.2 Å². The minimum Gasteiger partial charge on any atom is -0.310 e. The number of carbonyl (C=O) groups excluding carboxylic acids is 1. The van der Waals surface area contributed by atoms with Crippen molar-refractivity contribution < 1.29 is 13.2 Å². The van der Waals surface area contributed by atoms with E-state index in [1.807, 2.05) is 30.3 Å². The van der Waals surface area contributed by atoms with Gasteiger partial charge in [0.2, 0.25) is 5.91 Å². The number of anilines is 2. The van der Waals surface area contributed by atoms with Crippen molar-refractivity contribution in [2.75, 3.05) is 16.2 Å². The zero-order chi connectivity index (χ0) is 18.1. The number of hydrogen-bond donors (Lipinski definition) is 1. The number of para-hydroxylation sites is 2. The Kier molecular flexibility index (Phi) is 4.28. The van der Waals surface area contributed by atoms with Crippen LogP contribution >= 0.6 is 0 Å². The van der Waals surface area contributed by atoms with E-state index in [0.29, 0.717) is 42.1 Å². The highest BCUT2D eigenvalue weighted by Gasteiger charge is 2.27. The number of nitrogens with one attached hydrogen (secondary N) is 1. The summed E-state index contributed by atoms with van der Waals surface area (Å²) in [5, 5.41) is 0. The number of nitrogens with zero attached hydrogens (tertiary/aromatic N) is 1. The fraction of sp³-hybridized carbons (Fsp3) is 0.250. The Labute approximate surface area is 153 Å². The summed E-state index contributed by atoms with van der Waals surface area (Å²) in [4.78, 5) is 14.1. The van der Waals surface area contributed by atoms with Crippen LogP contribution in [-0.2, 0) is 21.2 Å². The van der Waals surface area contributed by atoms with Gasteiger partial charge in [-0.2, -0.15) is 0 Å². The quantitative estimate of drug-likeness (QED) is 0.898. The number of hydrogen-bond acceptors (Lipinski definition) is 3. The molecule has 6 heteroatoms. The van der Waals surface area contributed by atoms with Gasteiger partial charge < -0.3 is 4.90 Å². The summed E-state index contributed by atoms with van der Waals surface area (Å²) in [6.45, 7) is 0.619. The third kappa shape index (κ3) is 3.12. The Bertz CT molecular complexity index is 996. The summed E-state index contributed by atoms with van der Waals surface area (Å²) in [6, 6.07) is 14.9. The lowest BCUT2D eigenvalue weighted by Gasteiger charge is -2.22. The van der Waals surface area contributed by atoms with Crippen LogP contribution in [0.25, 0.3) is 6.08 Å². The van der Waals surface area contributed by atoms with Gasteiger partial charge in [-0.3, -0.25) is 9.52 Å². The summed E-state index contributed by atoms with van der Waals surface area (Å²) >= 11 is 0. The van der Waals surface area contributed by atoms with Gasteiger partial charge in [-0.1, -0.05) is 36.4 Å². The van der Waals surface area contributed by atoms with Gasteiger partial charge in [0, 0.05) is 13.0 Å². The zero-order valence-electron chi connectivity index (χ0n) is 14.3. The van der Waals surface area contributed by atoms with E-state index in [2.05, 4.69) is 4.72 Å². The lowest BCUT2D eigenvalue weighted by Crippen LogP contribution is -2.26. The van der Waals surface area contributed by atoms with Gasteiger partial charge >= 0.3 is 0 Å². The van der Waals surface area contributed by atoms with Crippen LogP contribution in [0, 0.1) is 0 Å². The van der Waals surface area contributed by atoms with Gasteiger partial charge in [-0.25, -0.2) is 8.42 Å². The number of amides is 1. The van der Waals surface area contributed by atoms with Crippen molar-refractivity contribution in [2.45, 2.75) is 25.7 Å². The lowest BCUT2D eigenvalue weighted by atomic mass is 9.98. The fourth-order valence-corrected chi connectivity index (χ4v) is 4.77. The predicted molar refractivity (Wildman–Crippen MR) is 103 cm³/mol. The van der Waals surface area contributed by atoms with Gasteiger partial charge in [0.1, 0.15) is 0 Å². The fourth-order valence-electron chi connectivity index (χ4n) is 3.53. The molecule has 134 valence electrons. The number of rotatable bonds is 4. The molecule has 2 aromatic carbocycles. The highest BCUT2D eigenvalue weighted by molar-refractivity contribution is 7.96. The van der Waals surface area contributed by atoms with Crippen LogP contribution in [0.4, 0.5) is 11.4 Å². The second-order valence-electron chi connectivity index (χ2n) is 6.58. The average Bonchev–Trinajstić information content (AvgIpc) is 3.07. The van der Waals surface area contributed by atoms with Gasteiger partial charge in [0.05, 0.1) is 16.3 Å². The van der Waals surface area contributed by atoms with Crippen LogP contribution in [0.3, 0.4) is 0 Å². The van der Waals surface area contributed by atoms with Crippen LogP contribution < -0.4 is 9.62 Å². The standard InChI is InChI=1S/C20H20N2O3S/c23-20-10-5-13-22(20)19-9-4-3-8-18(19)21-26(24,25)17-12-11-15-6-1-2-7-16(15)14-17/h1-4,6-9,14,21H,5,10-13H2. The van der Waals surface area contributed by atoms with Crippen LogP contribution in [0.2, 0.25) is 0 Å². The zero-order valence-corrected chi connectivity index (χ0v) is 15.1. The van der Waals surface area contributed by atoms with Crippen molar-refractivity contribution in [3.8, 4) is 0 Å². The van der Waals surface area contributed by atoms with Crippen molar-refractivity contribution in [1.82, 2.24) is 0 Å². The van der Waals surface area contributed by atoms with Crippen molar-refractivity contribution in [2.24, 2.45) is 0 Å². The van der Waals surface area contributed by atoms with E-state index in [1.54, 1.807) is 29.2 Å². The Morgan fingerprint density at radius 1 is 0.923 bits per heavy atom. The number of fused-ring (bicyclic) bond motifs is 1. The molecule has 0 aromatic heterocycles. The van der Waals surface area contributed by atoms with Gasteiger partial charge in [-0.15, -0.1) is 0 Å². The van der Waals surface area contributed by atoms with E-state index < -0.39 is 10.0 Å². The van der Waals surface area contributed by atoms with Crippen LogP contribution in [0.1, 0.15) is 30.4 Å².